The van der Waals surface area contributed by atoms with Crippen LogP contribution >= 0.6 is 23.4 Å². The van der Waals surface area contributed by atoms with E-state index in [-0.39, 0.29) is 28.5 Å². The Morgan fingerprint density at radius 2 is 1.45 bits per heavy atom. The van der Waals surface area contributed by atoms with Crippen LogP contribution in [0.3, 0.4) is 0 Å². The van der Waals surface area contributed by atoms with E-state index >= 15 is 0 Å². The van der Waals surface area contributed by atoms with Gasteiger partial charge in [-0.3, -0.25) is 4.79 Å². The zero-order chi connectivity index (χ0) is 23.2. The van der Waals surface area contributed by atoms with Crippen LogP contribution in [0.4, 0.5) is 8.78 Å². The summed E-state index contributed by atoms with van der Waals surface area (Å²) in [6, 6.07) is 18.9. The maximum Gasteiger partial charge on any atom is 0.230 e. The summed E-state index contributed by atoms with van der Waals surface area (Å²) in [5, 5.41) is 12.1. The zero-order valence-electron chi connectivity index (χ0n) is 17.1. The van der Waals surface area contributed by atoms with Gasteiger partial charge in [0.15, 0.2) is 0 Å². The van der Waals surface area contributed by atoms with Gasteiger partial charge in [-0.1, -0.05) is 41.6 Å². The van der Waals surface area contributed by atoms with Crippen LogP contribution in [0, 0.1) is 11.6 Å². The predicted molar refractivity (Wildman–Crippen MR) is 125 cm³/mol. The third-order valence-corrected chi connectivity index (χ3v) is 5.88. The van der Waals surface area contributed by atoms with Gasteiger partial charge in [-0.05, 0) is 60.2 Å². The first kappa shape index (κ1) is 22.8. The molecule has 1 N–H and O–H groups in total. The Bertz CT molecular complexity index is 1270. The minimum atomic E-state index is -0.381. The van der Waals surface area contributed by atoms with Gasteiger partial charge in [-0.25, -0.2) is 13.8 Å². The molecular weight excluding hydrogens is 466 g/mol. The molecule has 166 valence electrons. The average molecular weight is 483 g/mol. The SMILES string of the molecule is O=C(CSc1nnc(-c2ccc(F)cc2)c(-c2ccc(F)cc2)n1)NCc1ccccc1Cl. The molecule has 0 aliphatic rings. The first-order chi connectivity index (χ1) is 16.0. The molecule has 0 aliphatic carbocycles. The number of rotatable bonds is 7. The Hall–Kier alpha value is -3.36. The van der Waals surface area contributed by atoms with Crippen LogP contribution < -0.4 is 5.32 Å². The van der Waals surface area contributed by atoms with Gasteiger partial charge in [0.2, 0.25) is 11.1 Å². The lowest BCUT2D eigenvalue weighted by molar-refractivity contribution is -0.118. The van der Waals surface area contributed by atoms with Crippen molar-refractivity contribution in [2.75, 3.05) is 5.75 Å². The number of thioether (sulfide) groups is 1. The molecule has 33 heavy (non-hydrogen) atoms. The van der Waals surface area contributed by atoms with E-state index in [1.54, 1.807) is 30.3 Å². The molecule has 3 aromatic carbocycles. The second kappa shape index (κ2) is 10.5. The second-order valence-electron chi connectivity index (χ2n) is 6.96. The molecule has 0 fully saturated rings. The highest BCUT2D eigenvalue weighted by Gasteiger charge is 2.15. The Morgan fingerprint density at radius 1 is 0.848 bits per heavy atom. The van der Waals surface area contributed by atoms with Gasteiger partial charge >= 0.3 is 0 Å². The van der Waals surface area contributed by atoms with Gasteiger partial charge in [-0.2, -0.15) is 0 Å². The second-order valence-corrected chi connectivity index (χ2v) is 8.31. The highest BCUT2D eigenvalue weighted by molar-refractivity contribution is 7.99. The lowest BCUT2D eigenvalue weighted by Gasteiger charge is -2.10. The fraction of sp³-hybridized carbons (Fsp3) is 0.0833. The number of halogens is 3. The molecule has 0 bridgehead atoms. The van der Waals surface area contributed by atoms with Crippen molar-refractivity contribution in [1.29, 1.82) is 0 Å². The number of benzene rings is 3. The largest absolute Gasteiger partial charge is 0.351 e. The summed E-state index contributed by atoms with van der Waals surface area (Å²) in [5.74, 6) is -0.897. The highest BCUT2D eigenvalue weighted by Crippen LogP contribution is 2.30. The highest BCUT2D eigenvalue weighted by atomic mass is 35.5. The molecule has 0 unspecified atom stereocenters. The van der Waals surface area contributed by atoms with Gasteiger partial charge in [0, 0.05) is 22.7 Å². The molecule has 1 heterocycles. The molecule has 0 saturated carbocycles. The Kier molecular flexibility index (Phi) is 7.26. The number of nitrogens with one attached hydrogen (secondary N) is 1. The van der Waals surface area contributed by atoms with E-state index in [1.165, 1.54) is 24.3 Å². The molecular formula is C24H17ClF2N4OS. The van der Waals surface area contributed by atoms with Crippen LogP contribution in [0.2, 0.25) is 5.02 Å². The molecule has 0 radical (unpaired) electrons. The maximum absolute atomic E-state index is 13.4. The summed E-state index contributed by atoms with van der Waals surface area (Å²) in [6.45, 7) is 0.308. The third kappa shape index (κ3) is 5.91. The molecule has 0 saturated heterocycles. The summed E-state index contributed by atoms with van der Waals surface area (Å²) in [4.78, 5) is 16.8. The fourth-order valence-electron chi connectivity index (χ4n) is 3.00. The molecule has 0 atom stereocenters. The molecule has 1 aromatic heterocycles. The van der Waals surface area contributed by atoms with Crippen molar-refractivity contribution in [2.45, 2.75) is 11.7 Å². The predicted octanol–water partition coefficient (Wildman–Crippen LogP) is 5.55. The van der Waals surface area contributed by atoms with Crippen LogP contribution in [0.1, 0.15) is 5.56 Å². The summed E-state index contributed by atoms with van der Waals surface area (Å²) in [7, 11) is 0. The topological polar surface area (TPSA) is 67.8 Å². The van der Waals surface area contributed by atoms with E-state index < -0.39 is 0 Å². The van der Waals surface area contributed by atoms with E-state index in [9.17, 15) is 13.6 Å². The normalized spacial score (nSPS) is 10.8. The number of aromatic nitrogens is 3. The van der Waals surface area contributed by atoms with E-state index in [2.05, 4.69) is 20.5 Å². The average Bonchev–Trinajstić information content (AvgIpc) is 2.83. The van der Waals surface area contributed by atoms with Crippen molar-refractivity contribution in [3.63, 3.8) is 0 Å². The lowest BCUT2D eigenvalue weighted by Crippen LogP contribution is -2.24. The summed E-state index contributed by atoms with van der Waals surface area (Å²) >= 11 is 7.23. The first-order valence-electron chi connectivity index (χ1n) is 9.89. The fourth-order valence-corrected chi connectivity index (χ4v) is 3.82. The first-order valence-corrected chi connectivity index (χ1v) is 11.3. The number of nitrogens with zero attached hydrogens (tertiary/aromatic N) is 3. The van der Waals surface area contributed by atoms with E-state index in [0.717, 1.165) is 17.3 Å². The van der Waals surface area contributed by atoms with E-state index in [0.29, 0.717) is 34.1 Å². The lowest BCUT2D eigenvalue weighted by atomic mass is 10.0. The van der Waals surface area contributed by atoms with Crippen molar-refractivity contribution in [3.8, 4) is 22.5 Å². The number of carbonyl (C=O) groups is 1. The van der Waals surface area contributed by atoms with Crippen molar-refractivity contribution >= 4 is 29.3 Å². The molecule has 0 aliphatic heterocycles. The van der Waals surface area contributed by atoms with Crippen LogP contribution in [0.5, 0.6) is 0 Å². The van der Waals surface area contributed by atoms with Crippen LogP contribution in [-0.2, 0) is 11.3 Å². The number of amides is 1. The number of hydrogen-bond acceptors (Lipinski definition) is 5. The molecule has 4 aromatic rings. The monoisotopic (exact) mass is 482 g/mol. The van der Waals surface area contributed by atoms with Gasteiger partial charge in [-0.15, -0.1) is 10.2 Å². The number of hydrogen-bond donors (Lipinski definition) is 1. The standard InChI is InChI=1S/C24H17ClF2N4OS/c25-20-4-2-1-3-17(20)13-28-21(32)14-33-24-29-22(15-5-9-18(26)10-6-15)23(30-31-24)16-7-11-19(27)12-8-16/h1-12H,13-14H2,(H,28,32). The number of carbonyl (C=O) groups excluding carboxylic acids is 1. The van der Waals surface area contributed by atoms with Gasteiger partial charge in [0.25, 0.3) is 0 Å². The van der Waals surface area contributed by atoms with Crippen LogP contribution in [0.25, 0.3) is 22.5 Å². The van der Waals surface area contributed by atoms with Gasteiger partial charge in [0.05, 0.1) is 5.75 Å². The van der Waals surface area contributed by atoms with E-state index in [4.69, 9.17) is 11.6 Å². The Labute approximate surface area is 198 Å². The van der Waals surface area contributed by atoms with Crippen LogP contribution in [0.15, 0.2) is 78.0 Å². The van der Waals surface area contributed by atoms with Crippen molar-refractivity contribution in [3.05, 3.63) is 95.0 Å². The van der Waals surface area contributed by atoms with E-state index in [1.807, 2.05) is 18.2 Å². The quantitative estimate of drug-likeness (QED) is 0.350. The zero-order valence-corrected chi connectivity index (χ0v) is 18.7. The minimum absolute atomic E-state index is 0.0743. The Balaban J connectivity index is 1.52. The van der Waals surface area contributed by atoms with Crippen molar-refractivity contribution in [1.82, 2.24) is 20.5 Å². The van der Waals surface area contributed by atoms with Crippen molar-refractivity contribution in [2.24, 2.45) is 0 Å². The molecule has 1 amide bonds. The Morgan fingerprint density at radius 3 is 2.09 bits per heavy atom. The summed E-state index contributed by atoms with van der Waals surface area (Å²) < 4.78 is 26.8. The summed E-state index contributed by atoms with van der Waals surface area (Å²) in [5.41, 5.74) is 2.93. The molecule has 9 heteroatoms. The van der Waals surface area contributed by atoms with Crippen LogP contribution in [-0.4, -0.2) is 26.8 Å². The smallest absolute Gasteiger partial charge is 0.230 e. The van der Waals surface area contributed by atoms with Gasteiger partial charge in [0.1, 0.15) is 23.0 Å². The summed E-state index contributed by atoms with van der Waals surface area (Å²) in [6.07, 6.45) is 0. The molecule has 4 rings (SSSR count). The maximum atomic E-state index is 13.4. The molecule has 5 nitrogen and oxygen atoms in total. The minimum Gasteiger partial charge on any atom is -0.351 e. The molecule has 0 spiro atoms. The van der Waals surface area contributed by atoms with Crippen molar-refractivity contribution < 1.29 is 13.6 Å². The van der Waals surface area contributed by atoms with Gasteiger partial charge < -0.3 is 5.32 Å². The third-order valence-electron chi connectivity index (χ3n) is 4.67.